The van der Waals surface area contributed by atoms with Crippen LogP contribution in [0.4, 0.5) is 0 Å². The van der Waals surface area contributed by atoms with Gasteiger partial charge in [0.2, 0.25) is 5.91 Å². The Hall–Kier alpha value is -1.10. The fourth-order valence-electron chi connectivity index (χ4n) is 3.14. The van der Waals surface area contributed by atoms with Crippen LogP contribution < -0.4 is 5.73 Å². The minimum atomic E-state index is -0.251. The highest BCUT2D eigenvalue weighted by molar-refractivity contribution is 5.85. The fourth-order valence-corrected chi connectivity index (χ4v) is 3.14. The molecule has 1 aromatic rings. The van der Waals surface area contributed by atoms with Gasteiger partial charge >= 0.3 is 0 Å². The molecule has 4 nitrogen and oxygen atoms in total. The largest absolute Gasteiger partial charge is 0.378 e. The zero-order valence-electron chi connectivity index (χ0n) is 14.8. The third kappa shape index (κ3) is 5.76. The lowest BCUT2D eigenvalue weighted by Crippen LogP contribution is -2.40. The first kappa shape index (κ1) is 20.9. The van der Waals surface area contributed by atoms with E-state index in [-0.39, 0.29) is 30.3 Å². The number of amides is 1. The second-order valence-corrected chi connectivity index (χ2v) is 6.47. The maximum absolute atomic E-state index is 12.8. The Labute approximate surface area is 152 Å². The van der Waals surface area contributed by atoms with Gasteiger partial charge in [-0.25, -0.2) is 0 Å². The third-order valence-electron chi connectivity index (χ3n) is 4.66. The van der Waals surface area contributed by atoms with Crippen LogP contribution >= 0.6 is 12.4 Å². The van der Waals surface area contributed by atoms with Crippen LogP contribution in [0, 0.1) is 5.92 Å². The predicted octanol–water partition coefficient (Wildman–Crippen LogP) is 3.55. The highest BCUT2D eigenvalue weighted by Crippen LogP contribution is 2.23. The van der Waals surface area contributed by atoms with E-state index in [0.29, 0.717) is 6.10 Å². The number of carbonyl (C=O) groups is 1. The molecular weight excluding hydrogens is 324 g/mol. The van der Waals surface area contributed by atoms with Gasteiger partial charge in [0.05, 0.1) is 12.0 Å². The van der Waals surface area contributed by atoms with E-state index in [9.17, 15) is 4.79 Å². The number of ether oxygens (including phenoxy) is 1. The molecule has 1 heterocycles. The molecule has 1 aliphatic rings. The number of rotatable bonds is 6. The van der Waals surface area contributed by atoms with Gasteiger partial charge in [-0.3, -0.25) is 4.79 Å². The Balaban J connectivity index is 0.00000288. The summed E-state index contributed by atoms with van der Waals surface area (Å²) >= 11 is 0. The maximum Gasteiger partial charge on any atom is 0.227 e. The van der Waals surface area contributed by atoms with Crippen molar-refractivity contribution in [3.63, 3.8) is 0 Å². The lowest BCUT2D eigenvalue weighted by atomic mass is 9.94. The standard InChI is InChI=1S/C19H30N2O2.ClH/c1-3-14-23-17-10-7-12-21(13-11-17)19(22)15(2)18(20)16-8-5-4-6-9-16;/h4-6,8-9,15,17-18H,3,7,10-14,20H2,1-2H3;1H. The predicted molar refractivity (Wildman–Crippen MR) is 100 cm³/mol. The van der Waals surface area contributed by atoms with Crippen molar-refractivity contribution in [2.45, 2.75) is 51.7 Å². The van der Waals surface area contributed by atoms with Crippen LogP contribution in [0.25, 0.3) is 0 Å². The first-order valence-corrected chi connectivity index (χ1v) is 8.84. The molecule has 1 fully saturated rings. The van der Waals surface area contributed by atoms with Crippen LogP contribution in [0.1, 0.15) is 51.1 Å². The summed E-state index contributed by atoms with van der Waals surface area (Å²) in [7, 11) is 0. The summed E-state index contributed by atoms with van der Waals surface area (Å²) in [5.74, 6) is -0.0389. The summed E-state index contributed by atoms with van der Waals surface area (Å²) in [5.41, 5.74) is 7.33. The normalized spacial score (nSPS) is 20.6. The van der Waals surface area contributed by atoms with Gasteiger partial charge in [0.15, 0.2) is 0 Å². The van der Waals surface area contributed by atoms with Crippen molar-refractivity contribution in [3.8, 4) is 0 Å². The van der Waals surface area contributed by atoms with Gasteiger partial charge in [0.1, 0.15) is 0 Å². The van der Waals surface area contributed by atoms with E-state index in [2.05, 4.69) is 6.92 Å². The van der Waals surface area contributed by atoms with Gasteiger partial charge in [0, 0.05) is 25.7 Å². The lowest BCUT2D eigenvalue weighted by Gasteiger charge is -2.27. The van der Waals surface area contributed by atoms with Gasteiger partial charge in [0.25, 0.3) is 0 Å². The molecule has 0 bridgehead atoms. The molecule has 0 saturated carbocycles. The summed E-state index contributed by atoms with van der Waals surface area (Å²) in [6.45, 7) is 6.47. The van der Waals surface area contributed by atoms with Gasteiger partial charge in [-0.1, -0.05) is 44.2 Å². The number of hydrogen-bond acceptors (Lipinski definition) is 3. The monoisotopic (exact) mass is 354 g/mol. The van der Waals surface area contributed by atoms with Crippen molar-refractivity contribution in [1.82, 2.24) is 4.90 Å². The Morgan fingerprint density at radius 1 is 1.29 bits per heavy atom. The van der Waals surface area contributed by atoms with E-state index >= 15 is 0 Å². The zero-order valence-corrected chi connectivity index (χ0v) is 15.6. The highest BCUT2D eigenvalue weighted by atomic mass is 35.5. The van der Waals surface area contributed by atoms with E-state index in [1.165, 1.54) is 0 Å². The quantitative estimate of drug-likeness (QED) is 0.849. The molecule has 136 valence electrons. The highest BCUT2D eigenvalue weighted by Gasteiger charge is 2.28. The summed E-state index contributed by atoms with van der Waals surface area (Å²) in [6, 6.07) is 9.63. The number of benzene rings is 1. The molecule has 2 rings (SSSR count). The lowest BCUT2D eigenvalue weighted by molar-refractivity contribution is -0.135. The molecule has 24 heavy (non-hydrogen) atoms. The van der Waals surface area contributed by atoms with Crippen molar-refractivity contribution in [1.29, 1.82) is 0 Å². The smallest absolute Gasteiger partial charge is 0.227 e. The fraction of sp³-hybridized carbons (Fsp3) is 0.632. The minimum absolute atomic E-state index is 0. The summed E-state index contributed by atoms with van der Waals surface area (Å²) in [6.07, 6.45) is 4.32. The van der Waals surface area contributed by atoms with Crippen LogP contribution in [0.3, 0.4) is 0 Å². The number of hydrogen-bond donors (Lipinski definition) is 1. The molecule has 5 heteroatoms. The molecule has 0 radical (unpaired) electrons. The van der Waals surface area contributed by atoms with E-state index in [1.54, 1.807) is 0 Å². The molecule has 1 aliphatic heterocycles. The summed E-state index contributed by atoms with van der Waals surface area (Å²) < 4.78 is 5.85. The Kier molecular flexibility index (Phi) is 9.34. The molecule has 2 N–H and O–H groups in total. The van der Waals surface area contributed by atoms with Crippen molar-refractivity contribution in [2.24, 2.45) is 11.7 Å². The van der Waals surface area contributed by atoms with E-state index < -0.39 is 0 Å². The third-order valence-corrected chi connectivity index (χ3v) is 4.66. The Morgan fingerprint density at radius 3 is 2.67 bits per heavy atom. The molecule has 1 saturated heterocycles. The summed E-state index contributed by atoms with van der Waals surface area (Å²) in [4.78, 5) is 14.8. The van der Waals surface area contributed by atoms with Crippen molar-refractivity contribution >= 4 is 18.3 Å². The first-order valence-electron chi connectivity index (χ1n) is 8.84. The van der Waals surface area contributed by atoms with Crippen molar-refractivity contribution in [2.75, 3.05) is 19.7 Å². The second kappa shape index (κ2) is 10.7. The van der Waals surface area contributed by atoms with E-state index in [0.717, 1.165) is 50.9 Å². The molecule has 0 spiro atoms. The zero-order chi connectivity index (χ0) is 16.7. The number of carbonyl (C=O) groups excluding carboxylic acids is 1. The van der Waals surface area contributed by atoms with Gasteiger partial charge in [-0.2, -0.15) is 0 Å². The van der Waals surface area contributed by atoms with Gasteiger partial charge in [-0.05, 0) is 31.2 Å². The number of nitrogens with zero attached hydrogens (tertiary/aromatic N) is 1. The molecular formula is C19H31ClN2O2. The second-order valence-electron chi connectivity index (χ2n) is 6.47. The molecule has 0 aromatic heterocycles. The van der Waals surface area contributed by atoms with Crippen LogP contribution in [0.2, 0.25) is 0 Å². The van der Waals surface area contributed by atoms with Crippen molar-refractivity contribution in [3.05, 3.63) is 35.9 Å². The number of halogens is 1. The molecule has 1 aromatic carbocycles. The summed E-state index contributed by atoms with van der Waals surface area (Å²) in [5, 5.41) is 0. The SMILES string of the molecule is CCCOC1CCCN(C(=O)C(C)C(N)c2ccccc2)CC1.Cl. The molecule has 3 atom stereocenters. The van der Waals surface area contributed by atoms with E-state index in [1.807, 2.05) is 42.2 Å². The number of nitrogens with two attached hydrogens (primary N) is 1. The average Bonchev–Trinajstić information content (AvgIpc) is 2.84. The van der Waals surface area contributed by atoms with E-state index in [4.69, 9.17) is 10.5 Å². The molecule has 3 unspecified atom stereocenters. The maximum atomic E-state index is 12.8. The number of likely N-dealkylation sites (tertiary alicyclic amines) is 1. The molecule has 0 aliphatic carbocycles. The Bertz CT molecular complexity index is 484. The Morgan fingerprint density at radius 2 is 2.00 bits per heavy atom. The van der Waals surface area contributed by atoms with Crippen LogP contribution in [-0.4, -0.2) is 36.6 Å². The minimum Gasteiger partial charge on any atom is -0.378 e. The van der Waals surface area contributed by atoms with Crippen LogP contribution in [0.15, 0.2) is 30.3 Å². The van der Waals surface area contributed by atoms with Crippen LogP contribution in [-0.2, 0) is 9.53 Å². The topological polar surface area (TPSA) is 55.6 Å². The molecule has 1 amide bonds. The van der Waals surface area contributed by atoms with Gasteiger partial charge < -0.3 is 15.4 Å². The average molecular weight is 355 g/mol. The van der Waals surface area contributed by atoms with Gasteiger partial charge in [-0.15, -0.1) is 12.4 Å². The van der Waals surface area contributed by atoms with Crippen molar-refractivity contribution < 1.29 is 9.53 Å². The van der Waals surface area contributed by atoms with Crippen LogP contribution in [0.5, 0.6) is 0 Å². The first-order chi connectivity index (χ1) is 11.1.